The van der Waals surface area contributed by atoms with Gasteiger partial charge in [0.05, 0.1) is 11.3 Å². The molecule has 3 heteroatoms. The molecule has 0 bridgehead atoms. The Kier molecular flexibility index (Phi) is 4.81. The predicted molar refractivity (Wildman–Crippen MR) is 79.4 cm³/mol. The summed E-state index contributed by atoms with van der Waals surface area (Å²) in [5.41, 5.74) is 3.14. The van der Waals surface area contributed by atoms with E-state index in [4.69, 9.17) is 0 Å². The minimum absolute atomic E-state index is 0.743. The van der Waals surface area contributed by atoms with Crippen LogP contribution in [0.5, 0.6) is 0 Å². The number of piperidine rings is 1. The zero-order chi connectivity index (χ0) is 13.7. The number of rotatable bonds is 4. The summed E-state index contributed by atoms with van der Waals surface area (Å²) >= 11 is 0. The third-order valence-corrected chi connectivity index (χ3v) is 3.99. The molecule has 3 nitrogen and oxygen atoms in total. The van der Waals surface area contributed by atoms with Crippen molar-refractivity contribution in [1.29, 1.82) is 5.26 Å². The fourth-order valence-electron chi connectivity index (χ4n) is 2.92. The van der Waals surface area contributed by atoms with Crippen molar-refractivity contribution in [3.05, 3.63) is 29.3 Å². The molecule has 0 aliphatic carbocycles. The fraction of sp³-hybridized carbons (Fsp3) is 0.562. The van der Waals surface area contributed by atoms with E-state index >= 15 is 0 Å². The number of anilines is 1. The van der Waals surface area contributed by atoms with Gasteiger partial charge in [-0.05, 0) is 57.3 Å². The Morgan fingerprint density at radius 3 is 2.74 bits per heavy atom. The molecule has 1 fully saturated rings. The largest absolute Gasteiger partial charge is 0.370 e. The van der Waals surface area contributed by atoms with Crippen LogP contribution in [0, 0.1) is 24.2 Å². The van der Waals surface area contributed by atoms with Crippen molar-refractivity contribution in [2.75, 3.05) is 31.1 Å². The maximum absolute atomic E-state index is 9.31. The first kappa shape index (κ1) is 13.9. The minimum Gasteiger partial charge on any atom is -0.370 e. The highest BCUT2D eigenvalue weighted by Crippen LogP contribution is 2.26. The van der Waals surface area contributed by atoms with E-state index in [-0.39, 0.29) is 0 Å². The van der Waals surface area contributed by atoms with Crippen molar-refractivity contribution < 1.29 is 0 Å². The molecule has 0 amide bonds. The topological polar surface area (TPSA) is 39.1 Å². The maximum atomic E-state index is 9.31. The van der Waals surface area contributed by atoms with Crippen LogP contribution in [0.1, 0.15) is 30.9 Å². The van der Waals surface area contributed by atoms with Gasteiger partial charge < -0.3 is 10.2 Å². The molecule has 0 atom stereocenters. The van der Waals surface area contributed by atoms with E-state index in [1.807, 2.05) is 12.1 Å². The van der Waals surface area contributed by atoms with Gasteiger partial charge in [0.2, 0.25) is 0 Å². The molecule has 0 aromatic heterocycles. The Morgan fingerprint density at radius 1 is 1.37 bits per heavy atom. The molecule has 2 rings (SSSR count). The van der Waals surface area contributed by atoms with Crippen LogP contribution in [0.4, 0.5) is 5.69 Å². The van der Waals surface area contributed by atoms with Crippen LogP contribution in [0.25, 0.3) is 0 Å². The number of aryl methyl sites for hydroxylation is 1. The molecule has 0 spiro atoms. The number of hydrogen-bond donors (Lipinski definition) is 1. The Hall–Kier alpha value is -1.53. The first-order valence-corrected chi connectivity index (χ1v) is 7.21. The summed E-state index contributed by atoms with van der Waals surface area (Å²) in [6.45, 7) is 8.55. The Balaban J connectivity index is 2.19. The van der Waals surface area contributed by atoms with Gasteiger partial charge in [0.15, 0.2) is 0 Å². The van der Waals surface area contributed by atoms with Crippen LogP contribution >= 0.6 is 0 Å². The first-order valence-electron chi connectivity index (χ1n) is 7.21. The standard InChI is InChI=1S/C16H23N3/c1-3-19(12-14-7-9-18-10-8-14)16-13(2)5-4-6-15(16)11-17/h4-6,14,18H,3,7-10,12H2,1-2H3. The number of benzene rings is 1. The van der Waals surface area contributed by atoms with Gasteiger partial charge in [0, 0.05) is 13.1 Å². The van der Waals surface area contributed by atoms with E-state index in [1.165, 1.54) is 18.4 Å². The smallest absolute Gasteiger partial charge is 0.101 e. The summed E-state index contributed by atoms with van der Waals surface area (Å²) in [6.07, 6.45) is 2.48. The van der Waals surface area contributed by atoms with Crippen molar-refractivity contribution >= 4 is 5.69 Å². The molecule has 1 aromatic rings. The average Bonchev–Trinajstić information content (AvgIpc) is 2.46. The number of hydrogen-bond acceptors (Lipinski definition) is 3. The SMILES string of the molecule is CCN(CC1CCNCC1)c1c(C)cccc1C#N. The van der Waals surface area contributed by atoms with Gasteiger partial charge in [-0.1, -0.05) is 12.1 Å². The van der Waals surface area contributed by atoms with E-state index in [2.05, 4.69) is 36.2 Å². The van der Waals surface area contributed by atoms with Crippen molar-refractivity contribution in [1.82, 2.24) is 5.32 Å². The van der Waals surface area contributed by atoms with E-state index < -0.39 is 0 Å². The molecule has 0 saturated carbocycles. The van der Waals surface area contributed by atoms with Crippen LogP contribution < -0.4 is 10.2 Å². The Labute approximate surface area is 116 Å². The monoisotopic (exact) mass is 257 g/mol. The summed E-state index contributed by atoms with van der Waals surface area (Å²) in [5.74, 6) is 0.743. The molecule has 1 aliphatic rings. The van der Waals surface area contributed by atoms with E-state index in [0.29, 0.717) is 0 Å². The second kappa shape index (κ2) is 6.58. The minimum atomic E-state index is 0.743. The molecular weight excluding hydrogens is 234 g/mol. The van der Waals surface area contributed by atoms with Gasteiger partial charge in [0.25, 0.3) is 0 Å². The highest BCUT2D eigenvalue weighted by Gasteiger charge is 2.19. The number of para-hydroxylation sites is 1. The second-order valence-corrected chi connectivity index (χ2v) is 5.31. The number of nitriles is 1. The van der Waals surface area contributed by atoms with Gasteiger partial charge in [-0.2, -0.15) is 5.26 Å². The molecule has 1 aliphatic heterocycles. The Bertz CT molecular complexity index is 456. The van der Waals surface area contributed by atoms with E-state index in [1.54, 1.807) is 0 Å². The van der Waals surface area contributed by atoms with Crippen molar-refractivity contribution in [2.24, 2.45) is 5.92 Å². The average molecular weight is 257 g/mol. The summed E-state index contributed by atoms with van der Waals surface area (Å²) in [6, 6.07) is 8.32. The van der Waals surface area contributed by atoms with E-state index in [0.717, 1.165) is 43.3 Å². The van der Waals surface area contributed by atoms with Gasteiger partial charge in [-0.25, -0.2) is 0 Å². The lowest BCUT2D eigenvalue weighted by molar-refractivity contribution is 0.374. The maximum Gasteiger partial charge on any atom is 0.101 e. The lowest BCUT2D eigenvalue weighted by Crippen LogP contribution is -2.36. The number of nitrogens with one attached hydrogen (secondary N) is 1. The third-order valence-electron chi connectivity index (χ3n) is 3.99. The summed E-state index contributed by atoms with van der Waals surface area (Å²) in [7, 11) is 0. The molecule has 1 N–H and O–H groups in total. The molecule has 0 unspecified atom stereocenters. The quantitative estimate of drug-likeness (QED) is 0.901. The van der Waals surface area contributed by atoms with E-state index in [9.17, 15) is 5.26 Å². The van der Waals surface area contributed by atoms with Crippen LogP contribution in [-0.2, 0) is 0 Å². The molecule has 1 saturated heterocycles. The highest BCUT2D eigenvalue weighted by atomic mass is 15.1. The zero-order valence-corrected chi connectivity index (χ0v) is 11.9. The van der Waals surface area contributed by atoms with Gasteiger partial charge in [0.1, 0.15) is 6.07 Å². The number of nitrogens with zero attached hydrogens (tertiary/aromatic N) is 2. The lowest BCUT2D eigenvalue weighted by atomic mass is 9.96. The van der Waals surface area contributed by atoms with Gasteiger partial charge in [-0.15, -0.1) is 0 Å². The Morgan fingerprint density at radius 2 is 2.11 bits per heavy atom. The summed E-state index contributed by atoms with van der Waals surface area (Å²) < 4.78 is 0. The van der Waals surface area contributed by atoms with Crippen LogP contribution in [-0.4, -0.2) is 26.2 Å². The predicted octanol–water partition coefficient (Wildman–Crippen LogP) is 2.69. The highest BCUT2D eigenvalue weighted by molar-refractivity contribution is 5.64. The second-order valence-electron chi connectivity index (χ2n) is 5.31. The molecule has 1 aromatic carbocycles. The zero-order valence-electron chi connectivity index (χ0n) is 11.9. The lowest BCUT2D eigenvalue weighted by Gasteiger charge is -2.32. The van der Waals surface area contributed by atoms with Gasteiger partial charge >= 0.3 is 0 Å². The molecule has 1 heterocycles. The van der Waals surface area contributed by atoms with Crippen LogP contribution in [0.3, 0.4) is 0 Å². The van der Waals surface area contributed by atoms with Gasteiger partial charge in [-0.3, -0.25) is 0 Å². The third kappa shape index (κ3) is 3.27. The van der Waals surface area contributed by atoms with Crippen LogP contribution in [0.15, 0.2) is 18.2 Å². The molecule has 0 radical (unpaired) electrons. The summed E-state index contributed by atoms with van der Waals surface area (Å²) in [4.78, 5) is 2.38. The van der Waals surface area contributed by atoms with Crippen LogP contribution in [0.2, 0.25) is 0 Å². The van der Waals surface area contributed by atoms with Crippen molar-refractivity contribution in [2.45, 2.75) is 26.7 Å². The molecule has 102 valence electrons. The first-order chi connectivity index (χ1) is 9.26. The molecular formula is C16H23N3. The van der Waals surface area contributed by atoms with Crippen molar-refractivity contribution in [3.8, 4) is 6.07 Å². The fourth-order valence-corrected chi connectivity index (χ4v) is 2.92. The normalized spacial score (nSPS) is 16.1. The van der Waals surface area contributed by atoms with Crippen molar-refractivity contribution in [3.63, 3.8) is 0 Å². The molecule has 19 heavy (non-hydrogen) atoms. The summed E-state index contributed by atoms with van der Waals surface area (Å²) in [5, 5.41) is 12.7.